The number of hydrogen-bond acceptors (Lipinski definition) is 8. The van der Waals surface area contributed by atoms with E-state index in [-0.39, 0.29) is 0 Å². The molecule has 1 aliphatic heterocycles. The fraction of sp³-hybridized carbons (Fsp3) is 0.267. The van der Waals surface area contributed by atoms with E-state index in [2.05, 4.69) is 62.2 Å². The lowest BCUT2D eigenvalue weighted by Gasteiger charge is -2.34. The summed E-state index contributed by atoms with van der Waals surface area (Å²) in [5.41, 5.74) is 11.7. The Bertz CT molecular complexity index is 1660. The van der Waals surface area contributed by atoms with Crippen molar-refractivity contribution < 1.29 is 0 Å². The third-order valence-electron chi connectivity index (χ3n) is 7.47. The number of nitrogens with one attached hydrogen (secondary N) is 3. The minimum absolute atomic E-state index is 0.382. The van der Waals surface area contributed by atoms with Crippen LogP contribution in [-0.2, 0) is 13.0 Å². The smallest absolute Gasteiger partial charge is 0.139 e. The van der Waals surface area contributed by atoms with Gasteiger partial charge in [0.05, 0.1) is 22.5 Å². The molecule has 3 aromatic heterocycles. The van der Waals surface area contributed by atoms with Gasteiger partial charge in [-0.3, -0.25) is 5.41 Å². The average molecular weight is 520 g/mol. The molecule has 0 amide bonds. The number of hydrogen-bond donors (Lipinski definition) is 4. The molecule has 9 heteroatoms. The van der Waals surface area contributed by atoms with Crippen LogP contribution < -0.4 is 16.0 Å². The Morgan fingerprint density at radius 1 is 1.03 bits per heavy atom. The van der Waals surface area contributed by atoms with Crippen molar-refractivity contribution in [3.8, 4) is 0 Å². The van der Waals surface area contributed by atoms with Crippen LogP contribution in [0.1, 0.15) is 29.3 Å². The molecule has 0 aliphatic carbocycles. The van der Waals surface area contributed by atoms with Gasteiger partial charge in [0.2, 0.25) is 0 Å². The maximum Gasteiger partial charge on any atom is 0.139 e. The second-order valence-electron chi connectivity index (χ2n) is 10.1. The number of benzene rings is 2. The number of nitrogen functional groups attached to an aromatic ring is 1. The highest BCUT2D eigenvalue weighted by Crippen LogP contribution is 2.28. The highest BCUT2D eigenvalue weighted by atomic mass is 15.3. The van der Waals surface area contributed by atoms with Crippen molar-refractivity contribution in [3.63, 3.8) is 0 Å². The summed E-state index contributed by atoms with van der Waals surface area (Å²) in [6.07, 6.45) is 2.27. The standard InChI is InChI=1S/C30H33N9/c1-3-23-27(28(32)20-8-9-25-21(15-20)16-26(31)36-25)29(35-18-34-23)33-17-22-14-19-6-4-5-7-24(19)37-30(22)39-12-10-38(2)11-13-39/h4-9,14-16,18,32,36H,3,10-13,17,31H2,1-2H3,(H,33,34,35). The second-order valence-corrected chi connectivity index (χ2v) is 10.1. The zero-order valence-corrected chi connectivity index (χ0v) is 22.3. The van der Waals surface area contributed by atoms with Crippen LogP contribution in [0.15, 0.2) is 60.9 Å². The van der Waals surface area contributed by atoms with E-state index in [9.17, 15) is 0 Å². The molecule has 0 atom stereocenters. The fourth-order valence-corrected chi connectivity index (χ4v) is 5.29. The topological polar surface area (TPSA) is 123 Å². The molecule has 0 saturated carbocycles. The highest BCUT2D eigenvalue weighted by molar-refractivity contribution is 6.15. The summed E-state index contributed by atoms with van der Waals surface area (Å²) in [6.45, 7) is 6.47. The van der Waals surface area contributed by atoms with E-state index >= 15 is 0 Å². The monoisotopic (exact) mass is 519 g/mol. The summed E-state index contributed by atoms with van der Waals surface area (Å²) in [5.74, 6) is 2.26. The highest BCUT2D eigenvalue weighted by Gasteiger charge is 2.21. The SMILES string of the molecule is CCc1ncnc(NCc2cc3ccccc3nc2N2CCN(C)CC2)c1C(=N)c1ccc2[nH]c(N)cc2c1. The van der Waals surface area contributed by atoms with Gasteiger partial charge >= 0.3 is 0 Å². The van der Waals surface area contributed by atoms with Crippen LogP contribution in [0.25, 0.3) is 21.8 Å². The summed E-state index contributed by atoms with van der Waals surface area (Å²) in [4.78, 5) is 22.1. The number of aromatic amines is 1. The minimum Gasteiger partial charge on any atom is -0.385 e. The molecule has 1 saturated heterocycles. The average Bonchev–Trinajstić information content (AvgIpc) is 3.34. The number of nitrogens with two attached hydrogens (primary N) is 1. The Kier molecular flexibility index (Phi) is 6.58. The number of H-pyrrole nitrogens is 1. The van der Waals surface area contributed by atoms with Gasteiger partial charge in [0.1, 0.15) is 23.8 Å². The molecule has 5 N–H and O–H groups in total. The third-order valence-corrected chi connectivity index (χ3v) is 7.47. The zero-order chi connectivity index (χ0) is 26.9. The first-order valence-electron chi connectivity index (χ1n) is 13.4. The van der Waals surface area contributed by atoms with Gasteiger partial charge in [-0.1, -0.05) is 31.2 Å². The number of likely N-dealkylation sites (N-methyl/N-ethyl adjacent to an activating group) is 1. The Hall–Kier alpha value is -4.50. The van der Waals surface area contributed by atoms with Crippen molar-refractivity contribution in [2.45, 2.75) is 19.9 Å². The van der Waals surface area contributed by atoms with Crippen molar-refractivity contribution in [1.82, 2.24) is 24.8 Å². The third kappa shape index (κ3) is 4.88. The van der Waals surface area contributed by atoms with Gasteiger partial charge in [-0.2, -0.15) is 0 Å². The molecular formula is C30H33N9. The van der Waals surface area contributed by atoms with E-state index in [1.807, 2.05) is 36.4 Å². The van der Waals surface area contributed by atoms with Crippen LogP contribution >= 0.6 is 0 Å². The summed E-state index contributed by atoms with van der Waals surface area (Å²) < 4.78 is 0. The molecule has 6 rings (SSSR count). The first-order chi connectivity index (χ1) is 19.0. The van der Waals surface area contributed by atoms with Crippen LogP contribution in [0, 0.1) is 5.41 Å². The molecule has 0 unspecified atom stereocenters. The maximum absolute atomic E-state index is 9.16. The number of rotatable bonds is 7. The predicted molar refractivity (Wildman–Crippen MR) is 159 cm³/mol. The minimum atomic E-state index is 0.382. The molecule has 0 bridgehead atoms. The van der Waals surface area contributed by atoms with Crippen LogP contribution in [0.5, 0.6) is 0 Å². The van der Waals surface area contributed by atoms with Gasteiger partial charge in [-0.05, 0) is 43.8 Å². The summed E-state index contributed by atoms with van der Waals surface area (Å²) in [7, 11) is 2.16. The van der Waals surface area contributed by atoms with Gasteiger partial charge in [0, 0.05) is 60.1 Å². The molecule has 2 aromatic carbocycles. The first-order valence-corrected chi connectivity index (χ1v) is 13.4. The lowest BCUT2D eigenvalue weighted by atomic mass is 9.99. The molecule has 198 valence electrons. The summed E-state index contributed by atoms with van der Waals surface area (Å²) in [6, 6.07) is 18.2. The van der Waals surface area contributed by atoms with E-state index in [0.717, 1.165) is 76.2 Å². The van der Waals surface area contributed by atoms with Gasteiger partial charge in [0.25, 0.3) is 0 Å². The largest absolute Gasteiger partial charge is 0.385 e. The number of anilines is 3. The van der Waals surface area contributed by atoms with E-state index in [1.54, 1.807) is 6.33 Å². The van der Waals surface area contributed by atoms with Crippen molar-refractivity contribution in [1.29, 1.82) is 5.41 Å². The van der Waals surface area contributed by atoms with E-state index in [1.165, 1.54) is 0 Å². The molecule has 0 spiro atoms. The second kappa shape index (κ2) is 10.3. The molecule has 1 aliphatic rings. The number of aromatic nitrogens is 4. The van der Waals surface area contributed by atoms with E-state index in [4.69, 9.17) is 16.1 Å². The normalized spacial score (nSPS) is 14.3. The Morgan fingerprint density at radius 3 is 2.67 bits per heavy atom. The number of aryl methyl sites for hydroxylation is 1. The maximum atomic E-state index is 9.16. The summed E-state index contributed by atoms with van der Waals surface area (Å²) in [5, 5.41) is 14.8. The Balaban J connectivity index is 1.35. The number of piperazine rings is 1. The van der Waals surface area contributed by atoms with Crippen molar-refractivity contribution in [2.24, 2.45) is 0 Å². The molecule has 1 fully saturated rings. The molecule has 0 radical (unpaired) electrons. The first kappa shape index (κ1) is 24.8. The molecule has 4 heterocycles. The fourth-order valence-electron chi connectivity index (χ4n) is 5.29. The predicted octanol–water partition coefficient (Wildman–Crippen LogP) is 4.43. The quantitative estimate of drug-likeness (QED) is 0.235. The molecular weight excluding hydrogens is 486 g/mol. The molecule has 5 aromatic rings. The Labute approximate surface area is 227 Å². The van der Waals surface area contributed by atoms with Crippen LogP contribution in [-0.4, -0.2) is 63.8 Å². The molecule has 9 nitrogen and oxygen atoms in total. The van der Waals surface area contributed by atoms with Crippen molar-refractivity contribution in [3.05, 3.63) is 83.3 Å². The molecule has 39 heavy (non-hydrogen) atoms. The Morgan fingerprint density at radius 2 is 1.85 bits per heavy atom. The van der Waals surface area contributed by atoms with Gasteiger partial charge in [-0.15, -0.1) is 0 Å². The van der Waals surface area contributed by atoms with Crippen LogP contribution in [0.4, 0.5) is 17.5 Å². The lowest BCUT2D eigenvalue weighted by molar-refractivity contribution is 0.312. The number of nitrogens with zero attached hydrogens (tertiary/aromatic N) is 5. The number of fused-ring (bicyclic) bond motifs is 2. The van der Waals surface area contributed by atoms with Crippen LogP contribution in [0.2, 0.25) is 0 Å². The number of para-hydroxylation sites is 1. The van der Waals surface area contributed by atoms with Crippen molar-refractivity contribution in [2.75, 3.05) is 49.2 Å². The van der Waals surface area contributed by atoms with Crippen LogP contribution in [0.3, 0.4) is 0 Å². The number of pyridine rings is 1. The van der Waals surface area contributed by atoms with Gasteiger partial charge < -0.3 is 25.8 Å². The van der Waals surface area contributed by atoms with Gasteiger partial charge in [-0.25, -0.2) is 15.0 Å². The zero-order valence-electron chi connectivity index (χ0n) is 22.3. The van der Waals surface area contributed by atoms with E-state index < -0.39 is 0 Å². The lowest BCUT2D eigenvalue weighted by Crippen LogP contribution is -2.45. The summed E-state index contributed by atoms with van der Waals surface area (Å²) >= 11 is 0. The van der Waals surface area contributed by atoms with Gasteiger partial charge in [0.15, 0.2) is 0 Å². The van der Waals surface area contributed by atoms with Crippen molar-refractivity contribution >= 4 is 45.0 Å². The van der Waals surface area contributed by atoms with E-state index in [0.29, 0.717) is 30.3 Å².